The van der Waals surface area contributed by atoms with Crippen LogP contribution in [-0.4, -0.2) is 21.5 Å². The topological polar surface area (TPSA) is 33.2 Å². The highest BCUT2D eigenvalue weighted by molar-refractivity contribution is 7.99. The fraction of sp³-hybridized carbons (Fsp3) is 0.250. The fourth-order valence-corrected chi connectivity index (χ4v) is 3.12. The molecule has 0 unspecified atom stereocenters. The van der Waals surface area contributed by atoms with Gasteiger partial charge in [0.15, 0.2) is 0 Å². The Morgan fingerprint density at radius 3 is 2.90 bits per heavy atom. The van der Waals surface area contributed by atoms with E-state index in [1.54, 1.807) is 6.20 Å². The van der Waals surface area contributed by atoms with Crippen molar-refractivity contribution in [3.8, 4) is 0 Å². The van der Waals surface area contributed by atoms with Crippen molar-refractivity contribution in [3.05, 3.63) is 59.3 Å². The van der Waals surface area contributed by atoms with Crippen LogP contribution in [0, 0.1) is 6.92 Å². The van der Waals surface area contributed by atoms with Crippen molar-refractivity contribution in [2.24, 2.45) is 0 Å². The number of amides is 1. The molecule has 1 aromatic carbocycles. The molecule has 0 fully saturated rings. The Morgan fingerprint density at radius 2 is 2.10 bits per heavy atom. The van der Waals surface area contributed by atoms with Gasteiger partial charge in [-0.2, -0.15) is 0 Å². The molecule has 1 amide bonds. The second kappa shape index (κ2) is 5.67. The molecule has 0 saturated carbocycles. The predicted molar refractivity (Wildman–Crippen MR) is 80.4 cm³/mol. The molecule has 2 aromatic rings. The number of carbonyl (C=O) groups excluding carboxylic acids is 1. The molecule has 0 saturated heterocycles. The molecule has 0 N–H and O–H groups in total. The van der Waals surface area contributed by atoms with Gasteiger partial charge in [-0.3, -0.25) is 4.79 Å². The van der Waals surface area contributed by atoms with Gasteiger partial charge in [-0.15, -0.1) is 0 Å². The van der Waals surface area contributed by atoms with Crippen LogP contribution in [0.3, 0.4) is 0 Å². The minimum atomic E-state index is 0.175. The summed E-state index contributed by atoms with van der Waals surface area (Å²) in [7, 11) is 0. The molecule has 20 heavy (non-hydrogen) atoms. The summed E-state index contributed by atoms with van der Waals surface area (Å²) in [6, 6.07) is 12.2. The molecule has 0 aliphatic carbocycles. The van der Waals surface area contributed by atoms with Crippen LogP contribution in [0.1, 0.15) is 16.7 Å². The number of hydrogen-bond acceptors (Lipinski definition) is 3. The van der Waals surface area contributed by atoms with Gasteiger partial charge in [0.25, 0.3) is 0 Å². The molecular formula is C16H16N2OS. The lowest BCUT2D eigenvalue weighted by Crippen LogP contribution is -2.26. The maximum Gasteiger partial charge on any atom is 0.233 e. The first-order valence-corrected chi connectivity index (χ1v) is 7.61. The number of nitrogens with zero attached hydrogens (tertiary/aromatic N) is 2. The van der Waals surface area contributed by atoms with Gasteiger partial charge < -0.3 is 4.90 Å². The smallest absolute Gasteiger partial charge is 0.233 e. The zero-order valence-electron chi connectivity index (χ0n) is 11.4. The summed E-state index contributed by atoms with van der Waals surface area (Å²) in [5.74, 6) is 0.624. The maximum absolute atomic E-state index is 12.2. The van der Waals surface area contributed by atoms with Crippen molar-refractivity contribution < 1.29 is 4.79 Å². The molecule has 4 heteroatoms. The summed E-state index contributed by atoms with van der Waals surface area (Å²) in [6.07, 6.45) is 1.75. The Hall–Kier alpha value is -1.81. The van der Waals surface area contributed by atoms with Gasteiger partial charge in [-0.25, -0.2) is 4.98 Å². The molecule has 1 aliphatic heterocycles. The molecule has 0 radical (unpaired) electrons. The molecule has 0 atom stereocenters. The lowest BCUT2D eigenvalue weighted by Gasteiger charge is -2.14. The summed E-state index contributed by atoms with van der Waals surface area (Å²) >= 11 is 1.49. The zero-order valence-corrected chi connectivity index (χ0v) is 12.2. The van der Waals surface area contributed by atoms with Gasteiger partial charge in [0.2, 0.25) is 5.91 Å². The van der Waals surface area contributed by atoms with Gasteiger partial charge in [-0.1, -0.05) is 41.6 Å². The molecule has 3 nitrogen and oxygen atoms in total. The Morgan fingerprint density at radius 1 is 1.25 bits per heavy atom. The largest absolute Gasteiger partial charge is 0.333 e. The van der Waals surface area contributed by atoms with Crippen LogP contribution >= 0.6 is 11.8 Å². The number of carbonyl (C=O) groups is 1. The van der Waals surface area contributed by atoms with E-state index in [9.17, 15) is 4.79 Å². The van der Waals surface area contributed by atoms with Crippen LogP contribution in [0.2, 0.25) is 0 Å². The van der Waals surface area contributed by atoms with Crippen LogP contribution in [-0.2, 0) is 17.9 Å². The standard InChI is InChI=1S/C16H16N2OS/c1-12-5-6-13-9-18(10-14(13)8-12)16(19)11-20-15-4-2-3-7-17-15/h2-8H,9-11H2,1H3. The number of fused-ring (bicyclic) bond motifs is 1. The lowest BCUT2D eigenvalue weighted by molar-refractivity contribution is -0.128. The fourth-order valence-electron chi connectivity index (χ4n) is 2.36. The molecule has 1 aliphatic rings. The minimum Gasteiger partial charge on any atom is -0.333 e. The number of benzene rings is 1. The van der Waals surface area contributed by atoms with E-state index in [4.69, 9.17) is 0 Å². The monoisotopic (exact) mass is 284 g/mol. The van der Waals surface area contributed by atoms with E-state index in [0.29, 0.717) is 5.75 Å². The van der Waals surface area contributed by atoms with Crippen molar-refractivity contribution in [1.82, 2.24) is 9.88 Å². The molecule has 3 rings (SSSR count). The highest BCUT2D eigenvalue weighted by Gasteiger charge is 2.23. The van der Waals surface area contributed by atoms with E-state index in [-0.39, 0.29) is 5.91 Å². The van der Waals surface area contributed by atoms with Crippen LogP contribution < -0.4 is 0 Å². The number of hydrogen-bond donors (Lipinski definition) is 0. The van der Waals surface area contributed by atoms with E-state index in [0.717, 1.165) is 18.1 Å². The average Bonchev–Trinajstić information content (AvgIpc) is 2.89. The van der Waals surface area contributed by atoms with Crippen molar-refractivity contribution in [2.45, 2.75) is 25.0 Å². The summed E-state index contributed by atoms with van der Waals surface area (Å²) in [6.45, 7) is 3.55. The summed E-state index contributed by atoms with van der Waals surface area (Å²) in [5, 5.41) is 0.897. The Kier molecular flexibility index (Phi) is 3.74. The number of thioether (sulfide) groups is 1. The van der Waals surface area contributed by atoms with Gasteiger partial charge in [0.1, 0.15) is 0 Å². The number of rotatable bonds is 3. The van der Waals surface area contributed by atoms with Crippen molar-refractivity contribution >= 4 is 17.7 Å². The first kappa shape index (κ1) is 13.2. The van der Waals surface area contributed by atoms with Gasteiger partial charge in [0, 0.05) is 19.3 Å². The number of aryl methyl sites for hydroxylation is 1. The van der Waals surface area contributed by atoms with Crippen molar-refractivity contribution in [3.63, 3.8) is 0 Å². The van der Waals surface area contributed by atoms with Crippen LogP contribution in [0.4, 0.5) is 0 Å². The maximum atomic E-state index is 12.2. The molecule has 2 heterocycles. The first-order valence-electron chi connectivity index (χ1n) is 6.62. The summed E-state index contributed by atoms with van der Waals surface area (Å²) < 4.78 is 0. The van der Waals surface area contributed by atoms with E-state index >= 15 is 0 Å². The van der Waals surface area contributed by atoms with E-state index in [1.807, 2.05) is 23.1 Å². The second-order valence-corrected chi connectivity index (χ2v) is 5.97. The highest BCUT2D eigenvalue weighted by Crippen LogP contribution is 2.25. The highest BCUT2D eigenvalue weighted by atomic mass is 32.2. The van der Waals surface area contributed by atoms with Crippen molar-refractivity contribution in [1.29, 1.82) is 0 Å². The van der Waals surface area contributed by atoms with E-state index < -0.39 is 0 Å². The predicted octanol–water partition coefficient (Wildman–Crippen LogP) is 3.02. The Balaban J connectivity index is 1.60. The van der Waals surface area contributed by atoms with Crippen LogP contribution in [0.15, 0.2) is 47.6 Å². The molecule has 1 aromatic heterocycles. The summed E-state index contributed by atoms with van der Waals surface area (Å²) in [4.78, 5) is 18.4. The molecule has 102 valence electrons. The summed E-state index contributed by atoms with van der Waals surface area (Å²) in [5.41, 5.74) is 3.80. The van der Waals surface area contributed by atoms with E-state index in [1.165, 1.54) is 28.5 Å². The second-order valence-electron chi connectivity index (χ2n) is 4.98. The van der Waals surface area contributed by atoms with Crippen molar-refractivity contribution in [2.75, 3.05) is 5.75 Å². The third-order valence-corrected chi connectivity index (χ3v) is 4.35. The van der Waals surface area contributed by atoms with Crippen LogP contribution in [0.5, 0.6) is 0 Å². The first-order chi connectivity index (χ1) is 9.72. The van der Waals surface area contributed by atoms with Gasteiger partial charge >= 0.3 is 0 Å². The van der Waals surface area contributed by atoms with Crippen LogP contribution in [0.25, 0.3) is 0 Å². The minimum absolute atomic E-state index is 0.175. The normalized spacial score (nSPS) is 13.3. The quantitative estimate of drug-likeness (QED) is 0.812. The Bertz CT molecular complexity index is 628. The third-order valence-electron chi connectivity index (χ3n) is 3.42. The molecule has 0 spiro atoms. The molecule has 0 bridgehead atoms. The average molecular weight is 284 g/mol. The lowest BCUT2D eigenvalue weighted by atomic mass is 10.1. The van der Waals surface area contributed by atoms with E-state index in [2.05, 4.69) is 30.1 Å². The number of aromatic nitrogens is 1. The van der Waals surface area contributed by atoms with Gasteiger partial charge in [0.05, 0.1) is 10.8 Å². The van der Waals surface area contributed by atoms with Gasteiger partial charge in [-0.05, 0) is 30.2 Å². The zero-order chi connectivity index (χ0) is 13.9. The Labute approximate surface area is 123 Å². The number of pyridine rings is 1. The third kappa shape index (κ3) is 2.85. The molecular weight excluding hydrogens is 268 g/mol. The SMILES string of the molecule is Cc1ccc2c(c1)CN(C(=O)CSc1ccccn1)C2.